The van der Waals surface area contributed by atoms with Crippen LogP contribution in [0.25, 0.3) is 0 Å². The molecular formula is C14H16O6. The quantitative estimate of drug-likeness (QED) is 0.734. The van der Waals surface area contributed by atoms with E-state index in [1.54, 1.807) is 13.8 Å². The van der Waals surface area contributed by atoms with Crippen LogP contribution in [0.1, 0.15) is 13.8 Å². The second kappa shape index (κ2) is 3.71. The molecule has 20 heavy (non-hydrogen) atoms. The zero-order valence-corrected chi connectivity index (χ0v) is 11.8. The third-order valence-corrected chi connectivity index (χ3v) is 4.52. The molecule has 0 amide bonds. The highest BCUT2D eigenvalue weighted by molar-refractivity contribution is 6.12. The van der Waals surface area contributed by atoms with Gasteiger partial charge in [0.15, 0.2) is 22.6 Å². The number of hydrogen-bond acceptors (Lipinski definition) is 6. The van der Waals surface area contributed by atoms with Crippen molar-refractivity contribution >= 4 is 11.6 Å². The van der Waals surface area contributed by atoms with Crippen molar-refractivity contribution in [3.05, 3.63) is 24.2 Å². The average molecular weight is 280 g/mol. The smallest absolute Gasteiger partial charge is 0.232 e. The summed E-state index contributed by atoms with van der Waals surface area (Å²) in [5.74, 6) is -0.587. The molecule has 0 saturated carbocycles. The molecule has 4 atom stereocenters. The van der Waals surface area contributed by atoms with Crippen LogP contribution in [0, 0.1) is 0 Å². The maximum absolute atomic E-state index is 12.8. The summed E-state index contributed by atoms with van der Waals surface area (Å²) in [5, 5.41) is 0. The molecule has 0 N–H and O–H groups in total. The van der Waals surface area contributed by atoms with Gasteiger partial charge >= 0.3 is 0 Å². The molecule has 0 aromatic carbocycles. The molecule has 6 nitrogen and oxygen atoms in total. The van der Waals surface area contributed by atoms with Gasteiger partial charge < -0.3 is 18.9 Å². The average Bonchev–Trinajstić information content (AvgIpc) is 2.43. The van der Waals surface area contributed by atoms with Gasteiger partial charge in [-0.25, -0.2) is 0 Å². The molecule has 0 aromatic heterocycles. The van der Waals surface area contributed by atoms with Gasteiger partial charge in [0.05, 0.1) is 13.4 Å². The molecule has 0 radical (unpaired) electrons. The number of ether oxygens (including phenoxy) is 4. The number of Topliss-reactive ketones (excluding diaryl/α,β-unsaturated/α-hetero) is 2. The molecule has 1 fully saturated rings. The lowest BCUT2D eigenvalue weighted by atomic mass is 9.65. The first-order valence-electron chi connectivity index (χ1n) is 6.30. The van der Waals surface area contributed by atoms with E-state index < -0.39 is 28.7 Å². The molecule has 3 rings (SSSR count). The Balaban J connectivity index is 2.30. The number of hydrogen-bond donors (Lipinski definition) is 0. The van der Waals surface area contributed by atoms with E-state index in [1.807, 2.05) is 0 Å². The number of methoxy groups -OCH3 is 2. The molecule has 0 unspecified atom stereocenters. The fraction of sp³-hybridized carbons (Fsp3) is 0.571. The highest BCUT2D eigenvalue weighted by Crippen LogP contribution is 2.50. The van der Waals surface area contributed by atoms with E-state index in [0.717, 1.165) is 0 Å². The van der Waals surface area contributed by atoms with Gasteiger partial charge in [-0.05, 0) is 26.0 Å². The van der Waals surface area contributed by atoms with Crippen molar-refractivity contribution in [2.75, 3.05) is 14.2 Å². The van der Waals surface area contributed by atoms with Gasteiger partial charge in [0, 0.05) is 7.11 Å². The minimum absolute atomic E-state index is 0.155. The first-order valence-corrected chi connectivity index (χ1v) is 6.30. The van der Waals surface area contributed by atoms with Crippen LogP contribution in [0.5, 0.6) is 0 Å². The highest BCUT2D eigenvalue weighted by atomic mass is 16.6. The molecule has 0 spiro atoms. The molecule has 1 saturated heterocycles. The zero-order valence-electron chi connectivity index (χ0n) is 11.8. The third-order valence-electron chi connectivity index (χ3n) is 4.52. The Bertz CT molecular complexity index is 564. The van der Waals surface area contributed by atoms with Crippen molar-refractivity contribution in [1.82, 2.24) is 0 Å². The Labute approximate surface area is 116 Å². The summed E-state index contributed by atoms with van der Waals surface area (Å²) in [5.41, 5.74) is -4.22. The molecule has 3 heterocycles. The minimum Gasteiger partial charge on any atom is -0.493 e. The van der Waals surface area contributed by atoms with Crippen LogP contribution in [0.3, 0.4) is 0 Å². The molecular weight excluding hydrogens is 264 g/mol. The summed E-state index contributed by atoms with van der Waals surface area (Å²) in [6.45, 7) is 3.17. The maximum Gasteiger partial charge on any atom is 0.232 e. The Morgan fingerprint density at radius 3 is 2.55 bits per heavy atom. The molecule has 3 aliphatic heterocycles. The van der Waals surface area contributed by atoms with Crippen molar-refractivity contribution < 1.29 is 28.5 Å². The van der Waals surface area contributed by atoms with Crippen LogP contribution in [-0.2, 0) is 28.5 Å². The van der Waals surface area contributed by atoms with Crippen molar-refractivity contribution in [3.63, 3.8) is 0 Å². The van der Waals surface area contributed by atoms with Crippen LogP contribution in [0.15, 0.2) is 24.2 Å². The van der Waals surface area contributed by atoms with Crippen molar-refractivity contribution in [3.8, 4) is 0 Å². The molecule has 108 valence electrons. The fourth-order valence-electron chi connectivity index (χ4n) is 3.17. The molecule has 4 bridgehead atoms. The molecule has 0 aliphatic carbocycles. The summed E-state index contributed by atoms with van der Waals surface area (Å²) in [6.07, 6.45) is 3.61. The summed E-state index contributed by atoms with van der Waals surface area (Å²) < 4.78 is 21.9. The number of fused-ring (bicyclic) bond motifs is 6. The lowest BCUT2D eigenvalue weighted by molar-refractivity contribution is -0.254. The molecule has 6 heteroatoms. The van der Waals surface area contributed by atoms with E-state index in [2.05, 4.69) is 0 Å². The van der Waals surface area contributed by atoms with Gasteiger partial charge in [-0.2, -0.15) is 0 Å². The third kappa shape index (κ3) is 1.17. The summed E-state index contributed by atoms with van der Waals surface area (Å²) in [7, 11) is 2.78. The van der Waals surface area contributed by atoms with E-state index >= 15 is 0 Å². The summed E-state index contributed by atoms with van der Waals surface area (Å²) in [6, 6.07) is 0. The number of ketones is 2. The number of carbonyl (C=O) groups is 2. The first kappa shape index (κ1) is 13.3. The van der Waals surface area contributed by atoms with Crippen LogP contribution < -0.4 is 0 Å². The van der Waals surface area contributed by atoms with E-state index in [0.29, 0.717) is 0 Å². The Kier molecular flexibility index (Phi) is 2.47. The van der Waals surface area contributed by atoms with Crippen molar-refractivity contribution in [1.29, 1.82) is 0 Å². The molecule has 3 aliphatic rings. The lowest BCUT2D eigenvalue weighted by Gasteiger charge is -2.57. The predicted octanol–water partition coefficient (Wildman–Crippen LogP) is 0.514. The Morgan fingerprint density at radius 1 is 1.25 bits per heavy atom. The minimum atomic E-state index is -1.51. The normalized spacial score (nSPS) is 45.8. The van der Waals surface area contributed by atoms with Gasteiger partial charge in [0.1, 0.15) is 6.10 Å². The van der Waals surface area contributed by atoms with Crippen LogP contribution in [0.4, 0.5) is 0 Å². The van der Waals surface area contributed by atoms with Gasteiger partial charge in [-0.3, -0.25) is 9.59 Å². The number of rotatable bonds is 2. The van der Waals surface area contributed by atoms with Crippen molar-refractivity contribution in [2.45, 2.75) is 36.8 Å². The Hall–Kier alpha value is -1.66. The molecule has 0 aromatic rings. The van der Waals surface area contributed by atoms with E-state index in [1.165, 1.54) is 32.6 Å². The largest absolute Gasteiger partial charge is 0.493 e. The first-order chi connectivity index (χ1) is 9.35. The van der Waals surface area contributed by atoms with Crippen LogP contribution in [-0.4, -0.2) is 48.7 Å². The van der Waals surface area contributed by atoms with E-state index in [9.17, 15) is 9.59 Å². The van der Waals surface area contributed by atoms with E-state index in [4.69, 9.17) is 18.9 Å². The topological polar surface area (TPSA) is 71.1 Å². The zero-order chi connectivity index (χ0) is 14.8. The van der Waals surface area contributed by atoms with Gasteiger partial charge in [0.2, 0.25) is 11.6 Å². The van der Waals surface area contributed by atoms with Crippen LogP contribution in [0.2, 0.25) is 0 Å². The second-order valence-electron chi connectivity index (χ2n) is 5.43. The van der Waals surface area contributed by atoms with Crippen LogP contribution >= 0.6 is 0 Å². The van der Waals surface area contributed by atoms with Gasteiger partial charge in [0.25, 0.3) is 0 Å². The lowest BCUT2D eigenvalue weighted by Crippen LogP contribution is -2.78. The van der Waals surface area contributed by atoms with E-state index in [-0.39, 0.29) is 11.5 Å². The standard InChI is InChI=1S/C14H16O6/c1-12-9-7-8(17-3)10(15)13(2,20-9)14(18-4,11(12)16)5-6-19-12/h5-7,9H,1-4H3/t9-,12-,13+,14+/m0/s1. The summed E-state index contributed by atoms with van der Waals surface area (Å²) in [4.78, 5) is 25.4. The van der Waals surface area contributed by atoms with Gasteiger partial charge in [-0.15, -0.1) is 0 Å². The maximum atomic E-state index is 12.8. The van der Waals surface area contributed by atoms with Gasteiger partial charge in [-0.1, -0.05) is 0 Å². The highest BCUT2D eigenvalue weighted by Gasteiger charge is 2.73. The second-order valence-corrected chi connectivity index (χ2v) is 5.43. The SMILES string of the molecule is COC1=C[C@@H]2O[C@](C)(C1=O)[C@@]1(OC)C=CO[C@]2(C)C1=O. The fourth-order valence-corrected chi connectivity index (χ4v) is 3.17. The van der Waals surface area contributed by atoms with Crippen molar-refractivity contribution in [2.24, 2.45) is 0 Å². The predicted molar refractivity (Wildman–Crippen MR) is 66.8 cm³/mol. The monoisotopic (exact) mass is 280 g/mol. The Morgan fingerprint density at radius 2 is 1.95 bits per heavy atom. The number of carbonyl (C=O) groups excluding carboxylic acids is 2. The summed E-state index contributed by atoms with van der Waals surface area (Å²) >= 11 is 0.